The summed E-state index contributed by atoms with van der Waals surface area (Å²) in [6, 6.07) is 7.33. The van der Waals surface area contributed by atoms with E-state index in [-0.39, 0.29) is 22.3 Å². The summed E-state index contributed by atoms with van der Waals surface area (Å²) < 4.78 is 26.6. The number of aromatic nitrogens is 1. The van der Waals surface area contributed by atoms with Gasteiger partial charge in [-0.05, 0) is 30.3 Å². The molecule has 1 aromatic heterocycles. The lowest BCUT2D eigenvalue weighted by Gasteiger charge is -2.09. The molecule has 4 nitrogen and oxygen atoms in total. The number of hydrogen-bond donors (Lipinski definition) is 1. The van der Waals surface area contributed by atoms with Gasteiger partial charge in [0.1, 0.15) is 4.90 Å². The van der Waals surface area contributed by atoms with E-state index in [0.717, 1.165) is 0 Å². The van der Waals surface area contributed by atoms with Crippen LogP contribution in [0.2, 0.25) is 10.0 Å². The number of nitrogens with one attached hydrogen (secondary N) is 1. The number of benzene rings is 1. The predicted molar refractivity (Wildman–Crippen MR) is 78.8 cm³/mol. The van der Waals surface area contributed by atoms with Crippen LogP contribution in [-0.2, 0) is 10.0 Å². The minimum absolute atomic E-state index is 0. The summed E-state index contributed by atoms with van der Waals surface area (Å²) in [7, 11) is -3.76. The zero-order valence-corrected chi connectivity index (χ0v) is 12.5. The molecule has 2 rings (SSSR count). The van der Waals surface area contributed by atoms with Crippen LogP contribution in [-0.4, -0.2) is 13.4 Å². The summed E-state index contributed by atoms with van der Waals surface area (Å²) in [4.78, 5) is 3.74. The highest BCUT2D eigenvalue weighted by atomic mass is 35.5. The Morgan fingerprint density at radius 3 is 2.32 bits per heavy atom. The van der Waals surface area contributed by atoms with Crippen LogP contribution in [0.1, 0.15) is 0 Å². The van der Waals surface area contributed by atoms with Gasteiger partial charge in [-0.15, -0.1) is 12.4 Å². The van der Waals surface area contributed by atoms with Gasteiger partial charge in [0.05, 0.1) is 10.7 Å². The highest BCUT2D eigenvalue weighted by molar-refractivity contribution is 7.92. The molecule has 0 spiro atoms. The fourth-order valence-electron chi connectivity index (χ4n) is 1.31. The van der Waals surface area contributed by atoms with E-state index in [2.05, 4.69) is 9.71 Å². The molecule has 0 saturated carbocycles. The maximum Gasteiger partial charge on any atom is 0.263 e. The second-order valence-electron chi connectivity index (χ2n) is 3.42. The molecule has 0 fully saturated rings. The molecule has 0 radical (unpaired) electrons. The second-order valence-corrected chi connectivity index (χ2v) is 5.91. The van der Waals surface area contributed by atoms with E-state index in [0.29, 0.717) is 10.7 Å². The highest BCUT2D eigenvalue weighted by Crippen LogP contribution is 2.26. The molecule has 0 aliphatic rings. The van der Waals surface area contributed by atoms with Crippen LogP contribution in [0, 0.1) is 0 Å². The minimum Gasteiger partial charge on any atom is -0.279 e. The van der Waals surface area contributed by atoms with E-state index >= 15 is 0 Å². The first-order valence-corrected chi connectivity index (χ1v) is 7.11. The van der Waals surface area contributed by atoms with Crippen molar-refractivity contribution in [1.29, 1.82) is 0 Å². The van der Waals surface area contributed by atoms with Crippen molar-refractivity contribution < 1.29 is 8.42 Å². The molecule has 0 atom stereocenters. The lowest BCUT2D eigenvalue weighted by Crippen LogP contribution is -2.13. The summed E-state index contributed by atoms with van der Waals surface area (Å²) in [6.07, 6.45) is 2.97. The summed E-state index contributed by atoms with van der Waals surface area (Å²) >= 11 is 11.6. The first-order valence-electron chi connectivity index (χ1n) is 4.87. The van der Waals surface area contributed by atoms with Crippen LogP contribution < -0.4 is 4.72 Å². The Balaban J connectivity index is 0.00000180. The van der Waals surface area contributed by atoms with Crippen LogP contribution in [0.5, 0.6) is 0 Å². The number of rotatable bonds is 3. The monoisotopic (exact) mass is 338 g/mol. The van der Waals surface area contributed by atoms with Gasteiger partial charge in [0.25, 0.3) is 10.0 Å². The normalized spacial score (nSPS) is 10.6. The van der Waals surface area contributed by atoms with Crippen molar-refractivity contribution in [2.75, 3.05) is 4.72 Å². The topological polar surface area (TPSA) is 59.1 Å². The predicted octanol–water partition coefficient (Wildman–Crippen LogP) is 3.61. The lowest BCUT2D eigenvalue weighted by atomic mass is 10.4. The van der Waals surface area contributed by atoms with Crippen LogP contribution in [0.4, 0.5) is 5.69 Å². The minimum atomic E-state index is -3.76. The van der Waals surface area contributed by atoms with Gasteiger partial charge in [-0.25, -0.2) is 8.42 Å². The SMILES string of the molecule is Cl.O=S(=O)(Nc1ccncc1)c1cc(Cl)ccc1Cl. The van der Waals surface area contributed by atoms with E-state index in [4.69, 9.17) is 23.2 Å². The van der Waals surface area contributed by atoms with E-state index in [1.54, 1.807) is 0 Å². The van der Waals surface area contributed by atoms with Crippen LogP contribution in [0.25, 0.3) is 0 Å². The molecule has 102 valence electrons. The average Bonchev–Trinajstić information content (AvgIpc) is 2.33. The fourth-order valence-corrected chi connectivity index (χ4v) is 3.14. The molecule has 0 bridgehead atoms. The molecule has 0 unspecified atom stereocenters. The Morgan fingerprint density at radius 1 is 1.05 bits per heavy atom. The van der Waals surface area contributed by atoms with Crippen molar-refractivity contribution in [2.24, 2.45) is 0 Å². The molecule has 0 amide bonds. The summed E-state index contributed by atoms with van der Waals surface area (Å²) in [5.74, 6) is 0. The third-order valence-electron chi connectivity index (χ3n) is 2.12. The number of halogens is 3. The Morgan fingerprint density at radius 2 is 1.68 bits per heavy atom. The highest BCUT2D eigenvalue weighted by Gasteiger charge is 2.18. The smallest absolute Gasteiger partial charge is 0.263 e. The second kappa shape index (κ2) is 6.43. The van der Waals surface area contributed by atoms with Gasteiger partial charge in [0.15, 0.2) is 0 Å². The number of anilines is 1. The third-order valence-corrected chi connectivity index (χ3v) is 4.21. The first kappa shape index (κ1) is 16.0. The third kappa shape index (κ3) is 3.98. The van der Waals surface area contributed by atoms with E-state index in [1.807, 2.05) is 0 Å². The zero-order valence-electron chi connectivity index (χ0n) is 9.38. The first-order chi connectivity index (χ1) is 8.49. The zero-order chi connectivity index (χ0) is 13.2. The molecular weight excluding hydrogens is 331 g/mol. The van der Waals surface area contributed by atoms with Gasteiger partial charge in [-0.3, -0.25) is 9.71 Å². The maximum absolute atomic E-state index is 12.1. The summed E-state index contributed by atoms with van der Waals surface area (Å²) in [6.45, 7) is 0. The van der Waals surface area contributed by atoms with Gasteiger partial charge >= 0.3 is 0 Å². The van der Waals surface area contributed by atoms with Gasteiger partial charge in [0, 0.05) is 17.4 Å². The maximum atomic E-state index is 12.1. The Bertz CT molecular complexity index is 663. The average molecular weight is 340 g/mol. The summed E-state index contributed by atoms with van der Waals surface area (Å²) in [5, 5.41) is 0.412. The standard InChI is InChI=1S/C11H8Cl2N2O2S.ClH/c12-8-1-2-10(13)11(7-8)18(16,17)15-9-3-5-14-6-4-9;/h1-7H,(H,14,15);1H. The van der Waals surface area contributed by atoms with Gasteiger partial charge in [0.2, 0.25) is 0 Å². The van der Waals surface area contributed by atoms with E-state index in [1.165, 1.54) is 42.7 Å². The van der Waals surface area contributed by atoms with E-state index < -0.39 is 10.0 Å². The number of nitrogens with zero attached hydrogens (tertiary/aromatic N) is 1. The molecule has 1 aromatic carbocycles. The fraction of sp³-hybridized carbons (Fsp3) is 0. The van der Waals surface area contributed by atoms with Crippen molar-refractivity contribution in [3.63, 3.8) is 0 Å². The van der Waals surface area contributed by atoms with Gasteiger partial charge < -0.3 is 0 Å². The number of hydrogen-bond acceptors (Lipinski definition) is 3. The van der Waals surface area contributed by atoms with Crippen LogP contribution in [0.15, 0.2) is 47.6 Å². The molecule has 19 heavy (non-hydrogen) atoms. The Kier molecular flexibility index (Phi) is 5.43. The Hall–Kier alpha value is -1.01. The molecule has 1 heterocycles. The van der Waals surface area contributed by atoms with Crippen molar-refractivity contribution in [3.05, 3.63) is 52.8 Å². The molecule has 2 aromatic rings. The van der Waals surface area contributed by atoms with Crippen molar-refractivity contribution in [1.82, 2.24) is 4.98 Å². The molecule has 0 aliphatic heterocycles. The molecule has 0 saturated heterocycles. The molecule has 0 aliphatic carbocycles. The van der Waals surface area contributed by atoms with E-state index in [9.17, 15) is 8.42 Å². The summed E-state index contributed by atoms with van der Waals surface area (Å²) in [5.41, 5.74) is 0.404. The van der Waals surface area contributed by atoms with Gasteiger partial charge in [-0.1, -0.05) is 23.2 Å². The quantitative estimate of drug-likeness (QED) is 0.929. The van der Waals surface area contributed by atoms with Crippen molar-refractivity contribution in [3.8, 4) is 0 Å². The largest absolute Gasteiger partial charge is 0.279 e. The van der Waals surface area contributed by atoms with Crippen molar-refractivity contribution >= 4 is 51.3 Å². The molecule has 1 N–H and O–H groups in total. The lowest BCUT2D eigenvalue weighted by molar-refractivity contribution is 0.601. The number of sulfonamides is 1. The molecule has 8 heteroatoms. The Labute approximate surface area is 127 Å². The van der Waals surface area contributed by atoms with Crippen molar-refractivity contribution in [2.45, 2.75) is 4.90 Å². The van der Waals surface area contributed by atoms with Crippen LogP contribution in [0.3, 0.4) is 0 Å². The van der Waals surface area contributed by atoms with Gasteiger partial charge in [-0.2, -0.15) is 0 Å². The number of pyridine rings is 1. The molecular formula is C11H9Cl3N2O2S. The van der Waals surface area contributed by atoms with Crippen LogP contribution >= 0.6 is 35.6 Å².